The summed E-state index contributed by atoms with van der Waals surface area (Å²) in [6.07, 6.45) is 0. The maximum Gasteiger partial charge on any atom is 0.301 e. The average molecular weight is 226 g/mol. The van der Waals surface area contributed by atoms with Gasteiger partial charge in [-0.25, -0.2) is 0 Å². The van der Waals surface area contributed by atoms with Crippen molar-refractivity contribution in [1.29, 1.82) is 0 Å². The normalized spacial score (nSPS) is 19.5. The summed E-state index contributed by atoms with van der Waals surface area (Å²) < 4.78 is 27.2. The zero-order valence-electron chi connectivity index (χ0n) is 8.82. The molecule has 0 unspecified atom stereocenters. The quantitative estimate of drug-likeness (QED) is 0.775. The summed E-state index contributed by atoms with van der Waals surface area (Å²) >= 11 is 0. The number of hydrogen-bond acceptors (Lipinski definition) is 2. The van der Waals surface area contributed by atoms with Gasteiger partial charge in [0.1, 0.15) is 0 Å². The first-order chi connectivity index (χ1) is 7.00. The fraction of sp³-hybridized carbons (Fsp3) is 0.400. The highest BCUT2D eigenvalue weighted by Crippen LogP contribution is 2.25. The highest BCUT2D eigenvalue weighted by molar-refractivity contribution is 7.91. The molecule has 15 heavy (non-hydrogen) atoms. The second kappa shape index (κ2) is 3.50. The maximum absolute atomic E-state index is 11.6. The van der Waals surface area contributed by atoms with E-state index in [4.69, 9.17) is 0 Å². The van der Waals surface area contributed by atoms with Crippen LogP contribution in [0.25, 0.3) is 0 Å². The van der Waals surface area contributed by atoms with Gasteiger partial charge in [-0.3, -0.25) is 4.31 Å². The van der Waals surface area contributed by atoms with E-state index in [2.05, 4.69) is 4.72 Å². The van der Waals surface area contributed by atoms with Gasteiger partial charge in [0.05, 0.1) is 5.69 Å². The van der Waals surface area contributed by atoms with Gasteiger partial charge in [-0.15, -0.1) is 0 Å². The zero-order valence-corrected chi connectivity index (χ0v) is 9.63. The summed E-state index contributed by atoms with van der Waals surface area (Å²) in [5, 5.41) is 0. The van der Waals surface area contributed by atoms with Gasteiger partial charge in [0.2, 0.25) is 0 Å². The second-order valence-electron chi connectivity index (χ2n) is 3.76. The van der Waals surface area contributed by atoms with Crippen molar-refractivity contribution in [2.45, 2.75) is 13.8 Å². The predicted molar refractivity (Wildman–Crippen MR) is 60.2 cm³/mol. The highest BCUT2D eigenvalue weighted by atomic mass is 32.2. The molecular weight excluding hydrogens is 212 g/mol. The largest absolute Gasteiger partial charge is 0.301 e. The van der Waals surface area contributed by atoms with Crippen molar-refractivity contribution in [3.63, 3.8) is 0 Å². The lowest BCUT2D eigenvalue weighted by atomic mass is 10.1. The zero-order chi connectivity index (χ0) is 11.1. The minimum Gasteiger partial charge on any atom is -0.256 e. The van der Waals surface area contributed by atoms with Crippen LogP contribution in [0, 0.1) is 13.8 Å². The van der Waals surface area contributed by atoms with Crippen molar-refractivity contribution in [3.8, 4) is 0 Å². The number of anilines is 1. The molecule has 1 fully saturated rings. The topological polar surface area (TPSA) is 49.4 Å². The first-order valence-electron chi connectivity index (χ1n) is 4.85. The number of nitrogens with zero attached hydrogens (tertiary/aromatic N) is 1. The van der Waals surface area contributed by atoms with Gasteiger partial charge < -0.3 is 0 Å². The van der Waals surface area contributed by atoms with Crippen molar-refractivity contribution < 1.29 is 8.42 Å². The third kappa shape index (κ3) is 1.85. The molecule has 0 amide bonds. The summed E-state index contributed by atoms with van der Waals surface area (Å²) in [5.41, 5.74) is 2.82. The summed E-state index contributed by atoms with van der Waals surface area (Å²) in [7, 11) is -3.30. The van der Waals surface area contributed by atoms with Gasteiger partial charge in [0.25, 0.3) is 0 Å². The van der Waals surface area contributed by atoms with Crippen LogP contribution in [0.15, 0.2) is 18.2 Å². The number of aryl methyl sites for hydroxylation is 2. The first kappa shape index (κ1) is 10.4. The minimum atomic E-state index is -3.30. The smallest absolute Gasteiger partial charge is 0.256 e. The molecule has 82 valence electrons. The molecule has 0 aliphatic carbocycles. The van der Waals surface area contributed by atoms with Gasteiger partial charge in [-0.1, -0.05) is 12.1 Å². The molecule has 0 saturated carbocycles. The second-order valence-corrected chi connectivity index (χ2v) is 5.44. The molecule has 2 rings (SSSR count). The number of rotatable bonds is 1. The van der Waals surface area contributed by atoms with Crippen LogP contribution < -0.4 is 9.03 Å². The fourth-order valence-electron chi connectivity index (χ4n) is 1.71. The molecule has 0 bridgehead atoms. The molecule has 1 heterocycles. The van der Waals surface area contributed by atoms with Crippen molar-refractivity contribution >= 4 is 15.9 Å². The van der Waals surface area contributed by atoms with Crippen LogP contribution in [0.4, 0.5) is 5.69 Å². The Balaban J connectivity index is 2.50. The van der Waals surface area contributed by atoms with Gasteiger partial charge in [-0.05, 0) is 31.0 Å². The van der Waals surface area contributed by atoms with Gasteiger partial charge in [-0.2, -0.15) is 13.1 Å². The third-order valence-electron chi connectivity index (χ3n) is 2.52. The van der Waals surface area contributed by atoms with E-state index in [1.165, 1.54) is 4.31 Å². The maximum atomic E-state index is 11.6. The molecule has 1 saturated heterocycles. The van der Waals surface area contributed by atoms with Gasteiger partial charge in [0.15, 0.2) is 0 Å². The molecule has 1 aliphatic heterocycles. The molecule has 0 spiro atoms. The Kier molecular flexibility index (Phi) is 2.44. The average Bonchev–Trinajstić information content (AvgIpc) is 2.50. The van der Waals surface area contributed by atoms with E-state index in [1.807, 2.05) is 32.0 Å². The Morgan fingerprint density at radius 3 is 2.67 bits per heavy atom. The minimum absolute atomic E-state index is 0.482. The predicted octanol–water partition coefficient (Wildman–Crippen LogP) is 0.958. The van der Waals surface area contributed by atoms with Crippen molar-refractivity contribution in [1.82, 2.24) is 4.72 Å². The lowest BCUT2D eigenvalue weighted by Gasteiger charge is -2.18. The standard InChI is InChI=1S/C10H14N2O2S/c1-8-3-4-9(2)10(7-8)12-6-5-11-15(12,13)14/h3-4,7,11H,5-6H2,1-2H3. The Morgan fingerprint density at radius 1 is 1.33 bits per heavy atom. The molecule has 5 heteroatoms. The van der Waals surface area contributed by atoms with Crippen molar-refractivity contribution in [3.05, 3.63) is 29.3 Å². The number of benzene rings is 1. The lowest BCUT2D eigenvalue weighted by Crippen LogP contribution is -2.29. The Labute approximate surface area is 90.1 Å². The Hall–Kier alpha value is -1.07. The Bertz CT molecular complexity index is 482. The molecule has 0 radical (unpaired) electrons. The van der Waals surface area contributed by atoms with Crippen LogP contribution >= 0.6 is 0 Å². The van der Waals surface area contributed by atoms with Gasteiger partial charge in [0, 0.05) is 13.1 Å². The van der Waals surface area contributed by atoms with Crippen LogP contribution in [0.5, 0.6) is 0 Å². The SMILES string of the molecule is Cc1ccc(C)c(N2CCNS2(=O)=O)c1. The molecule has 1 aromatic rings. The van der Waals surface area contributed by atoms with Crippen LogP contribution in [0.3, 0.4) is 0 Å². The molecule has 4 nitrogen and oxygen atoms in total. The van der Waals surface area contributed by atoms with Crippen molar-refractivity contribution in [2.24, 2.45) is 0 Å². The van der Waals surface area contributed by atoms with Gasteiger partial charge >= 0.3 is 10.2 Å². The van der Waals surface area contributed by atoms with E-state index in [-0.39, 0.29) is 0 Å². The summed E-state index contributed by atoms with van der Waals surface area (Å²) in [6, 6.07) is 5.83. The molecule has 1 aromatic carbocycles. The van der Waals surface area contributed by atoms with E-state index in [0.717, 1.165) is 16.8 Å². The number of nitrogens with one attached hydrogen (secondary N) is 1. The third-order valence-corrected chi connectivity index (χ3v) is 4.05. The lowest BCUT2D eigenvalue weighted by molar-refractivity contribution is 0.591. The molecular formula is C10H14N2O2S. The van der Waals surface area contributed by atoms with Crippen LogP contribution in [-0.4, -0.2) is 21.5 Å². The van der Waals surface area contributed by atoms with E-state index in [9.17, 15) is 8.42 Å². The molecule has 1 aliphatic rings. The van der Waals surface area contributed by atoms with E-state index < -0.39 is 10.2 Å². The van der Waals surface area contributed by atoms with E-state index in [0.29, 0.717) is 13.1 Å². The summed E-state index contributed by atoms with van der Waals surface area (Å²) in [6.45, 7) is 4.87. The molecule has 0 aromatic heterocycles. The molecule has 0 atom stereocenters. The van der Waals surface area contributed by atoms with E-state index >= 15 is 0 Å². The van der Waals surface area contributed by atoms with Crippen LogP contribution in [-0.2, 0) is 10.2 Å². The fourth-order valence-corrected chi connectivity index (χ4v) is 3.00. The highest BCUT2D eigenvalue weighted by Gasteiger charge is 2.28. The number of hydrogen-bond donors (Lipinski definition) is 1. The van der Waals surface area contributed by atoms with Crippen LogP contribution in [0.2, 0.25) is 0 Å². The monoisotopic (exact) mass is 226 g/mol. The molecule has 1 N–H and O–H groups in total. The van der Waals surface area contributed by atoms with Crippen LogP contribution in [0.1, 0.15) is 11.1 Å². The summed E-state index contributed by atoms with van der Waals surface area (Å²) in [4.78, 5) is 0. The Morgan fingerprint density at radius 2 is 2.07 bits per heavy atom. The first-order valence-corrected chi connectivity index (χ1v) is 6.29. The van der Waals surface area contributed by atoms with E-state index in [1.54, 1.807) is 0 Å². The summed E-state index contributed by atoms with van der Waals surface area (Å²) in [5.74, 6) is 0. The van der Waals surface area contributed by atoms with Crippen molar-refractivity contribution in [2.75, 3.05) is 17.4 Å².